The molecule has 0 bridgehead atoms. The molecule has 4 aromatic carbocycles. The fraction of sp³-hybridized carbons (Fsp3) is 0.146. The summed E-state index contributed by atoms with van der Waals surface area (Å²) in [6.45, 7) is 0. The Balaban J connectivity index is 1.08. The maximum Gasteiger partial charge on any atom is 0.0963 e. The number of rotatable bonds is 5. The van der Waals surface area contributed by atoms with E-state index in [1.165, 1.54) is 83.0 Å². The molecule has 3 nitrogen and oxygen atoms in total. The van der Waals surface area contributed by atoms with E-state index in [1.807, 2.05) is 6.20 Å². The van der Waals surface area contributed by atoms with Crippen molar-refractivity contribution in [2.75, 3.05) is 0 Å². The van der Waals surface area contributed by atoms with Crippen LogP contribution in [0.4, 0.5) is 0 Å². The molecule has 0 saturated heterocycles. The number of pyridine rings is 1. The van der Waals surface area contributed by atoms with Gasteiger partial charge in [-0.1, -0.05) is 91.0 Å². The zero-order valence-corrected chi connectivity index (χ0v) is 28.7. The third kappa shape index (κ3) is 5.15. The average Bonchev–Trinajstić information content (AvgIpc) is 3.59. The van der Waals surface area contributed by atoms with Crippen molar-refractivity contribution >= 4 is 60.7 Å². The van der Waals surface area contributed by atoms with Crippen LogP contribution < -0.4 is 0 Å². The van der Waals surface area contributed by atoms with Crippen LogP contribution in [0.25, 0.3) is 71.8 Å². The first-order valence-corrected chi connectivity index (χ1v) is 18.5. The first kappa shape index (κ1) is 29.9. The second-order valence-electron chi connectivity index (χ2n) is 14.1. The van der Waals surface area contributed by atoms with Crippen LogP contribution in [0.1, 0.15) is 50.5 Å². The molecule has 10 rings (SSSR count). The molecular formula is C48H39N3. The molecule has 0 N–H and O–H groups in total. The zero-order valence-electron chi connectivity index (χ0n) is 28.7. The Morgan fingerprint density at radius 2 is 1.31 bits per heavy atom. The SMILES string of the molecule is C1=CC(C2=CC=C(n3c4ccc(-c5ccc6c(c5)c5ccccc5n6C5=CCCC(c6ccccc6)=C5)cc4c4ncccc43)CCC2)=CCC1. The highest BCUT2D eigenvalue weighted by molar-refractivity contribution is 6.13. The number of benzene rings is 4. The molecule has 7 aromatic rings. The lowest BCUT2D eigenvalue weighted by Gasteiger charge is -2.17. The number of para-hydroxylation sites is 1. The van der Waals surface area contributed by atoms with Crippen LogP contribution in [0, 0.1) is 0 Å². The lowest BCUT2D eigenvalue weighted by Crippen LogP contribution is -2.00. The monoisotopic (exact) mass is 657 g/mol. The molecule has 0 fully saturated rings. The third-order valence-electron chi connectivity index (χ3n) is 11.0. The van der Waals surface area contributed by atoms with Crippen molar-refractivity contribution in [1.82, 2.24) is 14.1 Å². The predicted molar refractivity (Wildman–Crippen MR) is 216 cm³/mol. The Morgan fingerprint density at radius 1 is 0.529 bits per heavy atom. The second kappa shape index (κ2) is 12.4. The summed E-state index contributed by atoms with van der Waals surface area (Å²) in [6, 6.07) is 37.9. The summed E-state index contributed by atoms with van der Waals surface area (Å²) < 4.78 is 4.91. The maximum atomic E-state index is 4.95. The minimum atomic E-state index is 1.03. The Morgan fingerprint density at radius 3 is 2.18 bits per heavy atom. The van der Waals surface area contributed by atoms with Crippen molar-refractivity contribution in [1.29, 1.82) is 0 Å². The third-order valence-corrected chi connectivity index (χ3v) is 11.0. The van der Waals surface area contributed by atoms with E-state index in [-0.39, 0.29) is 0 Å². The number of nitrogens with zero attached hydrogens (tertiary/aromatic N) is 3. The summed E-state index contributed by atoms with van der Waals surface area (Å²) in [7, 11) is 0. The van der Waals surface area contributed by atoms with E-state index in [1.54, 1.807) is 0 Å². The van der Waals surface area contributed by atoms with Crippen LogP contribution in [0.3, 0.4) is 0 Å². The Hall–Kier alpha value is -5.93. The van der Waals surface area contributed by atoms with Crippen LogP contribution in [-0.2, 0) is 0 Å². The standard InChI is InChI=1S/C48H39N3/c1-3-12-33(13-4-1)35-16-9-18-39(26-23-35)50-46-28-25-38(32-43(46)48-47(50)22-11-29-49-48)37-24-27-45-42(31-37)41-20-7-8-21-44(41)51(45)40-19-10-17-36(30-40)34-14-5-2-6-15-34/h2-3,5-8,11-15,19-32H,1,4,9-10,16-18H2. The largest absolute Gasteiger partial charge is 0.311 e. The average molecular weight is 658 g/mol. The molecule has 3 heterocycles. The van der Waals surface area contributed by atoms with Crippen molar-refractivity contribution in [3.63, 3.8) is 0 Å². The maximum absolute atomic E-state index is 4.95. The van der Waals surface area contributed by atoms with Gasteiger partial charge in [0.1, 0.15) is 0 Å². The van der Waals surface area contributed by atoms with E-state index in [0.717, 1.165) is 50.5 Å². The molecule has 3 aromatic heterocycles. The minimum Gasteiger partial charge on any atom is -0.311 e. The van der Waals surface area contributed by atoms with E-state index in [4.69, 9.17) is 4.98 Å². The molecule has 0 atom stereocenters. The highest BCUT2D eigenvalue weighted by Gasteiger charge is 2.19. The highest BCUT2D eigenvalue weighted by Crippen LogP contribution is 2.40. The van der Waals surface area contributed by atoms with Gasteiger partial charge < -0.3 is 9.13 Å². The fourth-order valence-corrected chi connectivity index (χ4v) is 8.58. The number of fused-ring (bicyclic) bond motifs is 6. The van der Waals surface area contributed by atoms with E-state index >= 15 is 0 Å². The van der Waals surface area contributed by atoms with Gasteiger partial charge in [0.25, 0.3) is 0 Å². The van der Waals surface area contributed by atoms with Crippen LogP contribution in [0.5, 0.6) is 0 Å². The van der Waals surface area contributed by atoms with E-state index < -0.39 is 0 Å². The van der Waals surface area contributed by atoms with Gasteiger partial charge >= 0.3 is 0 Å². The quantitative estimate of drug-likeness (QED) is 0.181. The number of hydrogen-bond donors (Lipinski definition) is 0. The van der Waals surface area contributed by atoms with Crippen molar-refractivity contribution in [3.05, 3.63) is 169 Å². The molecule has 0 radical (unpaired) electrons. The lowest BCUT2D eigenvalue weighted by molar-refractivity contribution is 0.834. The van der Waals surface area contributed by atoms with Crippen LogP contribution in [0.15, 0.2) is 163 Å². The summed E-state index contributed by atoms with van der Waals surface area (Å²) in [5.41, 5.74) is 16.5. The molecule has 246 valence electrons. The topological polar surface area (TPSA) is 22.8 Å². The zero-order chi connectivity index (χ0) is 33.7. The summed E-state index contributed by atoms with van der Waals surface area (Å²) in [5, 5.41) is 3.75. The van der Waals surface area contributed by atoms with Gasteiger partial charge in [-0.15, -0.1) is 0 Å². The Kier molecular flexibility index (Phi) is 7.30. The van der Waals surface area contributed by atoms with Gasteiger partial charge in [-0.25, -0.2) is 0 Å². The molecule has 3 heteroatoms. The molecule has 0 amide bonds. The molecular weight excluding hydrogens is 619 g/mol. The minimum absolute atomic E-state index is 1.03. The summed E-state index contributed by atoms with van der Waals surface area (Å²) >= 11 is 0. The Labute approximate surface area is 298 Å². The van der Waals surface area contributed by atoms with Gasteiger partial charge in [0.2, 0.25) is 0 Å². The van der Waals surface area contributed by atoms with Crippen LogP contribution in [-0.4, -0.2) is 14.1 Å². The fourth-order valence-electron chi connectivity index (χ4n) is 8.58. The van der Waals surface area contributed by atoms with Crippen molar-refractivity contribution in [2.45, 2.75) is 44.9 Å². The summed E-state index contributed by atoms with van der Waals surface area (Å²) in [4.78, 5) is 4.95. The first-order chi connectivity index (χ1) is 25.3. The van der Waals surface area contributed by atoms with E-state index in [0.29, 0.717) is 0 Å². The molecule has 51 heavy (non-hydrogen) atoms. The highest BCUT2D eigenvalue weighted by atomic mass is 15.0. The molecule has 3 aliphatic rings. The molecule has 0 aliphatic heterocycles. The van der Waals surface area contributed by atoms with Crippen LogP contribution >= 0.6 is 0 Å². The Bertz CT molecular complexity index is 2700. The summed E-state index contributed by atoms with van der Waals surface area (Å²) in [6.07, 6.45) is 26.1. The smallest absolute Gasteiger partial charge is 0.0963 e. The van der Waals surface area contributed by atoms with Gasteiger partial charge in [-0.3, -0.25) is 4.98 Å². The van der Waals surface area contributed by atoms with Gasteiger partial charge in [0.15, 0.2) is 0 Å². The number of aromatic nitrogens is 3. The van der Waals surface area contributed by atoms with Gasteiger partial charge in [0, 0.05) is 33.7 Å². The van der Waals surface area contributed by atoms with Crippen molar-refractivity contribution in [3.8, 4) is 11.1 Å². The van der Waals surface area contributed by atoms with Crippen molar-refractivity contribution < 1.29 is 0 Å². The molecule has 0 saturated carbocycles. The van der Waals surface area contributed by atoms with Gasteiger partial charge in [-0.05, 0) is 133 Å². The van der Waals surface area contributed by atoms with Crippen molar-refractivity contribution in [2.24, 2.45) is 0 Å². The molecule has 3 aliphatic carbocycles. The van der Waals surface area contributed by atoms with Crippen LogP contribution in [0.2, 0.25) is 0 Å². The van der Waals surface area contributed by atoms with Gasteiger partial charge in [0.05, 0.1) is 27.6 Å². The number of hydrogen-bond acceptors (Lipinski definition) is 1. The lowest BCUT2D eigenvalue weighted by atomic mass is 9.96. The van der Waals surface area contributed by atoms with Gasteiger partial charge in [-0.2, -0.15) is 0 Å². The molecule has 0 unspecified atom stereocenters. The predicted octanol–water partition coefficient (Wildman–Crippen LogP) is 12.9. The normalized spacial score (nSPS) is 16.6. The first-order valence-electron chi connectivity index (χ1n) is 18.5. The second-order valence-corrected chi connectivity index (χ2v) is 14.1. The molecule has 0 spiro atoms. The number of allylic oxidation sites excluding steroid dienone is 12. The van der Waals surface area contributed by atoms with E-state index in [9.17, 15) is 0 Å². The summed E-state index contributed by atoms with van der Waals surface area (Å²) in [5.74, 6) is 0. The van der Waals surface area contributed by atoms with E-state index in [2.05, 4.69) is 155 Å².